The summed E-state index contributed by atoms with van der Waals surface area (Å²) in [5.74, 6) is -0.791. The van der Waals surface area contributed by atoms with Crippen LogP contribution in [0, 0.1) is 5.82 Å². The van der Waals surface area contributed by atoms with Crippen LogP contribution in [0.1, 0.15) is 15.9 Å². The van der Waals surface area contributed by atoms with Crippen molar-refractivity contribution in [1.29, 1.82) is 0 Å². The summed E-state index contributed by atoms with van der Waals surface area (Å²) in [5, 5.41) is 8.31. The van der Waals surface area contributed by atoms with Crippen LogP contribution in [0.25, 0.3) is 22.4 Å². The zero-order valence-electron chi connectivity index (χ0n) is 14.3. The molecule has 0 aliphatic rings. The molecule has 4 aromatic rings. The summed E-state index contributed by atoms with van der Waals surface area (Å²) >= 11 is 5.99. The van der Waals surface area contributed by atoms with E-state index >= 15 is 0 Å². The number of benzene rings is 1. The van der Waals surface area contributed by atoms with E-state index in [0.717, 1.165) is 11.0 Å². The highest BCUT2D eigenvalue weighted by Gasteiger charge is 2.16. The molecule has 0 saturated heterocycles. The molecule has 0 bridgehead atoms. The number of carbonyl (C=O) groups is 1. The average molecular weight is 384 g/mol. The van der Waals surface area contributed by atoms with Crippen LogP contribution in [0.3, 0.4) is 0 Å². The van der Waals surface area contributed by atoms with Crippen LogP contribution >= 0.6 is 11.6 Å². The number of carbonyl (C=O) groups excluding carboxylic acids is 1. The van der Waals surface area contributed by atoms with E-state index in [1.165, 1.54) is 12.1 Å². The van der Waals surface area contributed by atoms with Crippen molar-refractivity contribution in [2.75, 3.05) is 0 Å². The fraction of sp³-hybridized carbons (Fsp3) is 0.105. The average Bonchev–Trinajstić information content (AvgIpc) is 3.27. The van der Waals surface area contributed by atoms with Gasteiger partial charge in [0.1, 0.15) is 11.5 Å². The molecular weight excluding hydrogens is 369 g/mol. The highest BCUT2D eigenvalue weighted by Crippen LogP contribution is 2.26. The van der Waals surface area contributed by atoms with Crippen molar-refractivity contribution < 1.29 is 9.18 Å². The minimum Gasteiger partial charge on any atom is -0.359 e. The third kappa shape index (κ3) is 3.17. The second-order valence-electron chi connectivity index (χ2n) is 6.03. The maximum atomic E-state index is 13.8. The highest BCUT2D eigenvalue weighted by atomic mass is 35.5. The molecule has 8 heteroatoms. The fourth-order valence-electron chi connectivity index (χ4n) is 2.92. The van der Waals surface area contributed by atoms with Gasteiger partial charge in [0.15, 0.2) is 5.65 Å². The standard InChI is InChI=1S/C19H15ClFN5O/c1-26-18-12(4-3-7-22-18)17(25-26)16-8-11(9-23-16)19(27)24-10-13-14(20)5-2-6-15(13)21/h2-9,23H,10H2,1H3,(H,24,27). The Morgan fingerprint density at radius 1 is 1.33 bits per heavy atom. The number of amides is 1. The Hall–Kier alpha value is -3.19. The zero-order valence-corrected chi connectivity index (χ0v) is 15.1. The van der Waals surface area contributed by atoms with E-state index in [4.69, 9.17) is 11.6 Å². The molecule has 0 aliphatic heterocycles. The topological polar surface area (TPSA) is 75.6 Å². The predicted octanol–water partition coefficient (Wildman–Crippen LogP) is 3.69. The number of hydrogen-bond donors (Lipinski definition) is 2. The first-order chi connectivity index (χ1) is 13.0. The van der Waals surface area contributed by atoms with Crippen molar-refractivity contribution in [3.05, 3.63) is 70.8 Å². The molecule has 0 saturated carbocycles. The lowest BCUT2D eigenvalue weighted by molar-refractivity contribution is 0.0951. The molecule has 4 rings (SSSR count). The van der Waals surface area contributed by atoms with E-state index in [1.807, 2.05) is 19.2 Å². The van der Waals surface area contributed by atoms with Gasteiger partial charge in [0.05, 0.1) is 11.3 Å². The Bertz CT molecular complexity index is 1130. The van der Waals surface area contributed by atoms with Gasteiger partial charge in [0.2, 0.25) is 0 Å². The Morgan fingerprint density at radius 2 is 2.19 bits per heavy atom. The Kier molecular flexibility index (Phi) is 4.37. The normalized spacial score (nSPS) is 11.1. The summed E-state index contributed by atoms with van der Waals surface area (Å²) in [7, 11) is 1.81. The maximum Gasteiger partial charge on any atom is 0.253 e. The maximum absolute atomic E-state index is 13.8. The fourth-order valence-corrected chi connectivity index (χ4v) is 3.15. The molecule has 6 nitrogen and oxygen atoms in total. The van der Waals surface area contributed by atoms with Crippen LogP contribution in [0.4, 0.5) is 4.39 Å². The smallest absolute Gasteiger partial charge is 0.253 e. The molecule has 2 N–H and O–H groups in total. The van der Waals surface area contributed by atoms with E-state index in [0.29, 0.717) is 17.0 Å². The number of aromatic amines is 1. The number of aryl methyl sites for hydroxylation is 1. The molecule has 0 atom stereocenters. The molecule has 0 radical (unpaired) electrons. The van der Waals surface area contributed by atoms with Crippen LogP contribution in [-0.2, 0) is 13.6 Å². The van der Waals surface area contributed by atoms with Crippen LogP contribution in [0.15, 0.2) is 48.8 Å². The molecule has 0 fully saturated rings. The van der Waals surface area contributed by atoms with Gasteiger partial charge in [-0.05, 0) is 30.3 Å². The number of nitrogens with zero attached hydrogens (tertiary/aromatic N) is 3. The number of H-pyrrole nitrogens is 1. The van der Waals surface area contributed by atoms with Crippen molar-refractivity contribution >= 4 is 28.5 Å². The number of fused-ring (bicyclic) bond motifs is 1. The van der Waals surface area contributed by atoms with Crippen molar-refractivity contribution in [2.24, 2.45) is 7.05 Å². The van der Waals surface area contributed by atoms with E-state index in [-0.39, 0.29) is 23.0 Å². The first-order valence-corrected chi connectivity index (χ1v) is 8.60. The summed E-state index contributed by atoms with van der Waals surface area (Å²) < 4.78 is 15.5. The Morgan fingerprint density at radius 3 is 3.00 bits per heavy atom. The van der Waals surface area contributed by atoms with E-state index < -0.39 is 5.82 Å². The summed E-state index contributed by atoms with van der Waals surface area (Å²) in [5.41, 5.74) is 2.83. The van der Waals surface area contributed by atoms with Crippen molar-refractivity contribution in [1.82, 2.24) is 25.1 Å². The summed E-state index contributed by atoms with van der Waals surface area (Å²) in [6, 6.07) is 9.87. The summed E-state index contributed by atoms with van der Waals surface area (Å²) in [6.45, 7) is 0.00128. The largest absolute Gasteiger partial charge is 0.359 e. The Balaban J connectivity index is 1.56. The van der Waals surface area contributed by atoms with Crippen molar-refractivity contribution in [2.45, 2.75) is 6.54 Å². The Labute approximate surface area is 159 Å². The third-order valence-corrected chi connectivity index (χ3v) is 4.64. The zero-order chi connectivity index (χ0) is 19.0. The monoisotopic (exact) mass is 383 g/mol. The van der Waals surface area contributed by atoms with Gasteiger partial charge in [-0.3, -0.25) is 4.79 Å². The van der Waals surface area contributed by atoms with Gasteiger partial charge in [-0.25, -0.2) is 14.1 Å². The minimum atomic E-state index is -0.454. The quantitative estimate of drug-likeness (QED) is 0.564. The number of hydrogen-bond acceptors (Lipinski definition) is 3. The summed E-state index contributed by atoms with van der Waals surface area (Å²) in [6.07, 6.45) is 3.29. The number of pyridine rings is 1. The molecule has 0 spiro atoms. The van der Waals surface area contributed by atoms with E-state index in [1.54, 1.807) is 29.2 Å². The molecule has 0 aliphatic carbocycles. The van der Waals surface area contributed by atoms with Crippen LogP contribution in [-0.4, -0.2) is 25.7 Å². The first-order valence-electron chi connectivity index (χ1n) is 8.22. The van der Waals surface area contributed by atoms with Crippen molar-refractivity contribution in [3.8, 4) is 11.4 Å². The van der Waals surface area contributed by atoms with Gasteiger partial charge < -0.3 is 10.3 Å². The predicted molar refractivity (Wildman–Crippen MR) is 101 cm³/mol. The van der Waals surface area contributed by atoms with Gasteiger partial charge in [-0.2, -0.15) is 5.10 Å². The van der Waals surface area contributed by atoms with Gasteiger partial charge in [-0.15, -0.1) is 0 Å². The van der Waals surface area contributed by atoms with Crippen molar-refractivity contribution in [3.63, 3.8) is 0 Å². The molecular formula is C19H15ClFN5O. The van der Waals surface area contributed by atoms with E-state index in [9.17, 15) is 9.18 Å². The lowest BCUT2D eigenvalue weighted by Crippen LogP contribution is -2.23. The SMILES string of the molecule is Cn1nc(-c2cc(C(=O)NCc3c(F)cccc3Cl)c[nH]2)c2cccnc21. The number of halogens is 2. The molecule has 3 heterocycles. The number of aromatic nitrogens is 4. The van der Waals surface area contributed by atoms with Gasteiger partial charge in [-0.1, -0.05) is 17.7 Å². The van der Waals surface area contributed by atoms with Gasteiger partial charge >= 0.3 is 0 Å². The lowest BCUT2D eigenvalue weighted by atomic mass is 10.2. The molecule has 27 heavy (non-hydrogen) atoms. The number of nitrogens with one attached hydrogen (secondary N) is 2. The second-order valence-corrected chi connectivity index (χ2v) is 6.44. The molecule has 136 valence electrons. The lowest BCUT2D eigenvalue weighted by Gasteiger charge is -2.07. The summed E-state index contributed by atoms with van der Waals surface area (Å²) in [4.78, 5) is 19.8. The minimum absolute atomic E-state index is 0.00128. The highest BCUT2D eigenvalue weighted by molar-refractivity contribution is 6.31. The second kappa shape index (κ2) is 6.85. The molecule has 0 unspecified atom stereocenters. The van der Waals surface area contributed by atoms with E-state index in [2.05, 4.69) is 20.4 Å². The van der Waals surface area contributed by atoms with Crippen LogP contribution in [0.2, 0.25) is 5.02 Å². The first kappa shape index (κ1) is 17.2. The molecule has 1 aromatic carbocycles. The van der Waals surface area contributed by atoms with Crippen LogP contribution in [0.5, 0.6) is 0 Å². The molecule has 1 amide bonds. The van der Waals surface area contributed by atoms with Gasteiger partial charge in [0.25, 0.3) is 5.91 Å². The number of rotatable bonds is 4. The third-order valence-electron chi connectivity index (χ3n) is 4.29. The van der Waals surface area contributed by atoms with Crippen LogP contribution < -0.4 is 5.32 Å². The molecule has 3 aromatic heterocycles. The van der Waals surface area contributed by atoms with Gasteiger partial charge in [0, 0.05) is 42.0 Å².